The zero-order chi connectivity index (χ0) is 19.3. The lowest BCUT2D eigenvalue weighted by Crippen LogP contribution is -2.23. The summed E-state index contributed by atoms with van der Waals surface area (Å²) in [6, 6.07) is 20.7. The van der Waals surface area contributed by atoms with E-state index in [1.807, 2.05) is 24.3 Å². The summed E-state index contributed by atoms with van der Waals surface area (Å²) in [4.78, 5) is 20.4. The Bertz CT molecular complexity index is 1110. The quantitative estimate of drug-likeness (QED) is 0.467. The van der Waals surface area contributed by atoms with Crippen molar-refractivity contribution >= 4 is 27.7 Å². The second-order valence-electron chi connectivity index (χ2n) is 7.12. The second kappa shape index (κ2) is 8.26. The number of hydrogen-bond donors (Lipinski definition) is 2. The fourth-order valence-electron chi connectivity index (χ4n) is 3.66. The van der Waals surface area contributed by atoms with E-state index >= 15 is 0 Å². The minimum Gasteiger partial charge on any atom is -0.356 e. The fourth-order valence-corrected chi connectivity index (χ4v) is 3.66. The van der Waals surface area contributed by atoms with Gasteiger partial charge in [0.25, 0.3) is 0 Å². The van der Waals surface area contributed by atoms with Crippen molar-refractivity contribution in [2.75, 3.05) is 6.54 Å². The number of aromatic nitrogens is 2. The molecule has 142 valence electrons. The van der Waals surface area contributed by atoms with Crippen LogP contribution in [0.25, 0.3) is 33.2 Å². The van der Waals surface area contributed by atoms with E-state index in [1.165, 1.54) is 10.9 Å². The number of aryl methyl sites for hydroxylation is 1. The lowest BCUT2D eigenvalue weighted by atomic mass is 10.0. The summed E-state index contributed by atoms with van der Waals surface area (Å²) in [5.41, 5.74) is 5.34. The van der Waals surface area contributed by atoms with E-state index < -0.39 is 0 Å². The average Bonchev–Trinajstić information content (AvgIpc) is 3.10. The van der Waals surface area contributed by atoms with Gasteiger partial charge >= 0.3 is 0 Å². The Balaban J connectivity index is 1.65. The summed E-state index contributed by atoms with van der Waals surface area (Å²) in [6.07, 6.45) is 3.17. The number of hydrogen-bond acceptors (Lipinski definition) is 2. The summed E-state index contributed by atoms with van der Waals surface area (Å²) >= 11 is 0. The number of benzene rings is 2. The van der Waals surface area contributed by atoms with Gasteiger partial charge in [-0.05, 0) is 43.0 Å². The molecule has 4 heteroatoms. The molecule has 0 bridgehead atoms. The molecule has 0 saturated carbocycles. The smallest absolute Gasteiger partial charge is 0.220 e. The summed E-state index contributed by atoms with van der Waals surface area (Å²) in [6.45, 7) is 2.81. The van der Waals surface area contributed by atoms with Crippen LogP contribution in [0.5, 0.6) is 0 Å². The number of pyridine rings is 1. The molecule has 1 amide bonds. The van der Waals surface area contributed by atoms with Crippen molar-refractivity contribution in [3.05, 3.63) is 66.2 Å². The van der Waals surface area contributed by atoms with Gasteiger partial charge in [-0.2, -0.15) is 0 Å². The summed E-state index contributed by atoms with van der Waals surface area (Å²) in [7, 11) is 0. The minimum absolute atomic E-state index is 0.132. The first kappa shape index (κ1) is 18.2. The number of amides is 1. The van der Waals surface area contributed by atoms with Crippen molar-refractivity contribution < 1.29 is 4.79 Å². The van der Waals surface area contributed by atoms with Crippen LogP contribution in [0.4, 0.5) is 0 Å². The molecule has 0 aliphatic carbocycles. The molecule has 0 saturated heterocycles. The average molecular weight is 371 g/mol. The molecular weight excluding hydrogens is 346 g/mol. The Morgan fingerprint density at radius 2 is 1.86 bits per heavy atom. The first-order valence-electron chi connectivity index (χ1n) is 9.98. The first-order valence-corrected chi connectivity index (χ1v) is 9.98. The highest BCUT2D eigenvalue weighted by molar-refractivity contribution is 5.91. The van der Waals surface area contributed by atoms with Crippen LogP contribution in [0.2, 0.25) is 0 Å². The topological polar surface area (TPSA) is 57.8 Å². The molecule has 4 nitrogen and oxygen atoms in total. The van der Waals surface area contributed by atoms with Gasteiger partial charge in [0.1, 0.15) is 0 Å². The molecule has 4 rings (SSSR count). The Hall–Kier alpha value is -3.14. The lowest BCUT2D eigenvalue weighted by Gasteiger charge is -2.07. The van der Waals surface area contributed by atoms with Gasteiger partial charge in [0.15, 0.2) is 0 Å². The minimum atomic E-state index is 0.132. The molecule has 0 unspecified atom stereocenters. The molecule has 0 atom stereocenters. The van der Waals surface area contributed by atoms with Crippen molar-refractivity contribution in [3.8, 4) is 11.4 Å². The number of fused-ring (bicyclic) bond motifs is 2. The van der Waals surface area contributed by atoms with E-state index in [9.17, 15) is 4.79 Å². The Kier molecular flexibility index (Phi) is 5.38. The van der Waals surface area contributed by atoms with Crippen molar-refractivity contribution in [1.29, 1.82) is 0 Å². The predicted molar refractivity (Wildman–Crippen MR) is 115 cm³/mol. The van der Waals surface area contributed by atoms with Crippen LogP contribution in [0.15, 0.2) is 60.7 Å². The fraction of sp³-hybridized carbons (Fsp3) is 0.250. The van der Waals surface area contributed by atoms with Crippen LogP contribution >= 0.6 is 0 Å². The lowest BCUT2D eigenvalue weighted by molar-refractivity contribution is -0.121. The maximum atomic E-state index is 12.0. The molecule has 2 aromatic heterocycles. The highest BCUT2D eigenvalue weighted by atomic mass is 16.1. The second-order valence-corrected chi connectivity index (χ2v) is 7.12. The van der Waals surface area contributed by atoms with E-state index in [0.717, 1.165) is 53.6 Å². The van der Waals surface area contributed by atoms with Gasteiger partial charge < -0.3 is 10.3 Å². The standard InChI is InChI=1S/C24H25N3O/c1-2-16-25-23(28)13-7-10-19-18-9-4-6-12-21(18)27-24(19)22-15-14-17-8-3-5-11-20(17)26-22/h3-6,8-9,11-12,14-15,27H,2,7,10,13,16H2,1H3,(H,25,28). The van der Waals surface area contributed by atoms with Gasteiger partial charge in [0.2, 0.25) is 5.91 Å². The molecule has 0 aliphatic heterocycles. The number of para-hydroxylation sites is 2. The van der Waals surface area contributed by atoms with E-state index in [-0.39, 0.29) is 5.91 Å². The molecular formula is C24H25N3O. The number of carbonyl (C=O) groups is 1. The van der Waals surface area contributed by atoms with Crippen molar-refractivity contribution in [2.24, 2.45) is 0 Å². The third kappa shape index (κ3) is 3.77. The molecule has 0 fully saturated rings. The Morgan fingerprint density at radius 3 is 2.75 bits per heavy atom. The van der Waals surface area contributed by atoms with E-state index in [4.69, 9.17) is 4.98 Å². The number of carbonyl (C=O) groups excluding carboxylic acids is 1. The number of nitrogens with one attached hydrogen (secondary N) is 2. The van der Waals surface area contributed by atoms with E-state index in [1.54, 1.807) is 0 Å². The van der Waals surface area contributed by atoms with Crippen molar-refractivity contribution in [1.82, 2.24) is 15.3 Å². The van der Waals surface area contributed by atoms with Gasteiger partial charge in [-0.25, -0.2) is 4.98 Å². The molecule has 0 spiro atoms. The summed E-state index contributed by atoms with van der Waals surface area (Å²) in [5, 5.41) is 5.30. The Labute approximate surface area is 165 Å². The van der Waals surface area contributed by atoms with Crippen LogP contribution in [0.1, 0.15) is 31.7 Å². The molecule has 4 aromatic rings. The molecule has 28 heavy (non-hydrogen) atoms. The zero-order valence-corrected chi connectivity index (χ0v) is 16.2. The monoisotopic (exact) mass is 371 g/mol. The van der Waals surface area contributed by atoms with E-state index in [0.29, 0.717) is 6.42 Å². The molecule has 2 heterocycles. The van der Waals surface area contributed by atoms with Gasteiger partial charge in [-0.1, -0.05) is 49.4 Å². The molecule has 0 aliphatic rings. The van der Waals surface area contributed by atoms with Gasteiger partial charge in [0, 0.05) is 29.3 Å². The number of rotatable bonds is 7. The van der Waals surface area contributed by atoms with Gasteiger partial charge in [-0.15, -0.1) is 0 Å². The van der Waals surface area contributed by atoms with Crippen LogP contribution in [-0.2, 0) is 11.2 Å². The molecule has 2 N–H and O–H groups in total. The van der Waals surface area contributed by atoms with Crippen molar-refractivity contribution in [2.45, 2.75) is 32.6 Å². The highest BCUT2D eigenvalue weighted by Gasteiger charge is 2.15. The summed E-state index contributed by atoms with van der Waals surface area (Å²) < 4.78 is 0. The SMILES string of the molecule is CCCNC(=O)CCCc1c(-c2ccc3ccccc3n2)[nH]c2ccccc12. The largest absolute Gasteiger partial charge is 0.356 e. The predicted octanol–water partition coefficient (Wildman–Crippen LogP) is 5.23. The molecule has 0 radical (unpaired) electrons. The van der Waals surface area contributed by atoms with Crippen LogP contribution in [0.3, 0.4) is 0 Å². The van der Waals surface area contributed by atoms with E-state index in [2.05, 4.69) is 53.6 Å². The first-order chi connectivity index (χ1) is 13.8. The van der Waals surface area contributed by atoms with Crippen LogP contribution in [-0.4, -0.2) is 22.4 Å². The van der Waals surface area contributed by atoms with Crippen molar-refractivity contribution in [3.63, 3.8) is 0 Å². The summed E-state index contributed by atoms with van der Waals surface area (Å²) in [5.74, 6) is 0.132. The number of nitrogens with zero attached hydrogens (tertiary/aromatic N) is 1. The van der Waals surface area contributed by atoms with Crippen LogP contribution < -0.4 is 5.32 Å². The normalized spacial score (nSPS) is 11.2. The van der Waals surface area contributed by atoms with Gasteiger partial charge in [0.05, 0.1) is 16.9 Å². The number of aromatic amines is 1. The highest BCUT2D eigenvalue weighted by Crippen LogP contribution is 2.31. The third-order valence-electron chi connectivity index (χ3n) is 5.07. The molecule has 2 aromatic carbocycles. The Morgan fingerprint density at radius 1 is 1.04 bits per heavy atom. The number of H-pyrrole nitrogens is 1. The maximum Gasteiger partial charge on any atom is 0.220 e. The van der Waals surface area contributed by atoms with Crippen LogP contribution in [0, 0.1) is 0 Å². The maximum absolute atomic E-state index is 12.0. The zero-order valence-electron chi connectivity index (χ0n) is 16.2. The van der Waals surface area contributed by atoms with Gasteiger partial charge in [-0.3, -0.25) is 4.79 Å². The third-order valence-corrected chi connectivity index (χ3v) is 5.07.